The molecule has 1 aliphatic carbocycles. The summed E-state index contributed by atoms with van der Waals surface area (Å²) in [6, 6.07) is 5.48. The van der Waals surface area contributed by atoms with Gasteiger partial charge in [0.15, 0.2) is 11.9 Å². The fourth-order valence-corrected chi connectivity index (χ4v) is 2.71. The second-order valence-corrected chi connectivity index (χ2v) is 5.11. The molecule has 4 heteroatoms. The van der Waals surface area contributed by atoms with Crippen molar-refractivity contribution in [3.63, 3.8) is 0 Å². The van der Waals surface area contributed by atoms with Crippen LogP contribution in [0.3, 0.4) is 0 Å². The quantitative estimate of drug-likeness (QED) is 0.836. The van der Waals surface area contributed by atoms with Crippen LogP contribution in [-0.2, 0) is 4.79 Å². The summed E-state index contributed by atoms with van der Waals surface area (Å²) in [5.74, 6) is 1.28. The SMILES string of the molecule is COc1cccc2c1C=C1C(=O)C[C@@H](C)[C@@H](O)[C@@H]1O2. The first-order valence-electron chi connectivity index (χ1n) is 6.38. The number of Topliss-reactive ketones (excluding diaryl/α,β-unsaturated/α-hetero) is 1. The number of hydrogen-bond donors (Lipinski definition) is 1. The van der Waals surface area contributed by atoms with Gasteiger partial charge in [0.1, 0.15) is 11.5 Å². The van der Waals surface area contributed by atoms with E-state index in [0.29, 0.717) is 23.5 Å². The minimum atomic E-state index is -0.650. The van der Waals surface area contributed by atoms with Gasteiger partial charge in [0.25, 0.3) is 0 Å². The third-order valence-electron chi connectivity index (χ3n) is 3.83. The maximum Gasteiger partial charge on any atom is 0.163 e. The Kier molecular flexibility index (Phi) is 2.82. The highest BCUT2D eigenvalue weighted by Gasteiger charge is 2.41. The topological polar surface area (TPSA) is 55.8 Å². The van der Waals surface area contributed by atoms with Crippen molar-refractivity contribution < 1.29 is 19.4 Å². The molecule has 4 nitrogen and oxygen atoms in total. The van der Waals surface area contributed by atoms with Gasteiger partial charge in [-0.3, -0.25) is 4.79 Å². The van der Waals surface area contributed by atoms with Crippen LogP contribution in [0.25, 0.3) is 6.08 Å². The number of carbonyl (C=O) groups excluding carboxylic acids is 1. The highest BCUT2D eigenvalue weighted by atomic mass is 16.5. The van der Waals surface area contributed by atoms with Crippen molar-refractivity contribution in [2.24, 2.45) is 5.92 Å². The van der Waals surface area contributed by atoms with Gasteiger partial charge in [0, 0.05) is 12.0 Å². The number of hydrogen-bond acceptors (Lipinski definition) is 4. The van der Waals surface area contributed by atoms with E-state index in [1.54, 1.807) is 13.2 Å². The Morgan fingerprint density at radius 3 is 2.95 bits per heavy atom. The standard InChI is InChI=1S/C15H16O4/c1-8-6-11(16)9-7-10-12(18-2)4-3-5-13(10)19-15(9)14(8)17/h3-5,7-8,14-15,17H,6H2,1-2H3/t8-,14-,15-/m1/s1. The number of fused-ring (bicyclic) bond motifs is 2. The minimum absolute atomic E-state index is 0.0411. The van der Waals surface area contributed by atoms with Gasteiger partial charge in [0.2, 0.25) is 0 Å². The molecule has 1 saturated carbocycles. The van der Waals surface area contributed by atoms with E-state index in [1.807, 2.05) is 25.1 Å². The third kappa shape index (κ3) is 1.83. The Balaban J connectivity index is 2.10. The summed E-state index contributed by atoms with van der Waals surface area (Å²) < 4.78 is 11.1. The molecule has 1 fully saturated rings. The molecule has 0 bridgehead atoms. The fourth-order valence-electron chi connectivity index (χ4n) is 2.71. The molecule has 3 rings (SSSR count). The molecule has 0 unspecified atom stereocenters. The van der Waals surface area contributed by atoms with Crippen molar-refractivity contribution in [1.82, 2.24) is 0 Å². The molecule has 0 saturated heterocycles. The molecule has 2 aliphatic rings. The van der Waals surface area contributed by atoms with Crippen LogP contribution in [0, 0.1) is 5.92 Å². The first-order valence-corrected chi connectivity index (χ1v) is 6.38. The molecule has 0 aromatic heterocycles. The highest BCUT2D eigenvalue weighted by Crippen LogP contribution is 2.40. The van der Waals surface area contributed by atoms with Gasteiger partial charge in [-0.15, -0.1) is 0 Å². The second-order valence-electron chi connectivity index (χ2n) is 5.11. The van der Waals surface area contributed by atoms with E-state index in [2.05, 4.69) is 0 Å². The zero-order valence-electron chi connectivity index (χ0n) is 10.9. The lowest BCUT2D eigenvalue weighted by Gasteiger charge is -2.37. The summed E-state index contributed by atoms with van der Waals surface area (Å²) in [5.41, 5.74) is 1.31. The van der Waals surface area contributed by atoms with Crippen LogP contribution in [0.2, 0.25) is 0 Å². The summed E-state index contributed by atoms with van der Waals surface area (Å²) in [5, 5.41) is 10.2. The summed E-state index contributed by atoms with van der Waals surface area (Å²) in [7, 11) is 1.58. The summed E-state index contributed by atoms with van der Waals surface area (Å²) in [4.78, 5) is 12.1. The number of ether oxygens (including phenoxy) is 2. The predicted octanol–water partition coefficient (Wildman–Crippen LogP) is 1.81. The maximum absolute atomic E-state index is 12.1. The van der Waals surface area contributed by atoms with Crippen molar-refractivity contribution in [2.75, 3.05) is 7.11 Å². The molecule has 1 heterocycles. The fraction of sp³-hybridized carbons (Fsp3) is 0.400. The van der Waals surface area contributed by atoms with Crippen molar-refractivity contribution in [2.45, 2.75) is 25.6 Å². The monoisotopic (exact) mass is 260 g/mol. The first-order chi connectivity index (χ1) is 9.11. The number of aliphatic hydroxyl groups excluding tert-OH is 1. The lowest BCUT2D eigenvalue weighted by atomic mass is 9.79. The largest absolute Gasteiger partial charge is 0.496 e. The van der Waals surface area contributed by atoms with E-state index < -0.39 is 12.2 Å². The lowest BCUT2D eigenvalue weighted by molar-refractivity contribution is -0.122. The van der Waals surface area contributed by atoms with Gasteiger partial charge in [-0.25, -0.2) is 0 Å². The van der Waals surface area contributed by atoms with E-state index in [4.69, 9.17) is 9.47 Å². The molecule has 0 spiro atoms. The number of ketones is 1. The van der Waals surface area contributed by atoms with Gasteiger partial charge in [-0.2, -0.15) is 0 Å². The molecule has 100 valence electrons. The first kappa shape index (κ1) is 12.2. The van der Waals surface area contributed by atoms with Crippen molar-refractivity contribution in [1.29, 1.82) is 0 Å². The van der Waals surface area contributed by atoms with Crippen molar-refractivity contribution in [3.8, 4) is 11.5 Å². The van der Waals surface area contributed by atoms with Crippen LogP contribution < -0.4 is 9.47 Å². The summed E-state index contributed by atoms with van der Waals surface area (Å²) >= 11 is 0. The molecule has 3 atom stereocenters. The Bertz CT molecular complexity index is 561. The van der Waals surface area contributed by atoms with Crippen LogP contribution >= 0.6 is 0 Å². The molecule has 0 radical (unpaired) electrons. The number of benzene rings is 1. The number of carbonyl (C=O) groups is 1. The predicted molar refractivity (Wildman–Crippen MR) is 70.2 cm³/mol. The average Bonchev–Trinajstić information content (AvgIpc) is 2.42. The Hall–Kier alpha value is -1.81. The normalized spacial score (nSPS) is 28.9. The van der Waals surface area contributed by atoms with Crippen LogP contribution in [0.15, 0.2) is 23.8 Å². The minimum Gasteiger partial charge on any atom is -0.496 e. The number of rotatable bonds is 1. The average molecular weight is 260 g/mol. The van der Waals surface area contributed by atoms with Gasteiger partial charge in [0.05, 0.1) is 18.8 Å². The molecular weight excluding hydrogens is 244 g/mol. The van der Waals surface area contributed by atoms with E-state index in [9.17, 15) is 9.90 Å². The maximum atomic E-state index is 12.1. The Morgan fingerprint density at radius 1 is 1.42 bits per heavy atom. The molecule has 19 heavy (non-hydrogen) atoms. The molecule has 0 amide bonds. The third-order valence-corrected chi connectivity index (χ3v) is 3.83. The van der Waals surface area contributed by atoms with Crippen molar-refractivity contribution >= 4 is 11.9 Å². The molecule has 1 aliphatic heterocycles. The summed E-state index contributed by atoms with van der Waals surface area (Å²) in [6.07, 6.45) is 0.941. The van der Waals surface area contributed by atoms with Gasteiger partial charge < -0.3 is 14.6 Å². The Labute approximate surface area is 111 Å². The van der Waals surface area contributed by atoms with Crippen LogP contribution in [0.1, 0.15) is 18.9 Å². The number of methoxy groups -OCH3 is 1. The van der Waals surface area contributed by atoms with Gasteiger partial charge in [-0.05, 0) is 24.1 Å². The zero-order chi connectivity index (χ0) is 13.6. The van der Waals surface area contributed by atoms with Crippen molar-refractivity contribution in [3.05, 3.63) is 29.3 Å². The van der Waals surface area contributed by atoms with Crippen LogP contribution in [0.4, 0.5) is 0 Å². The molecular formula is C15H16O4. The smallest absolute Gasteiger partial charge is 0.163 e. The highest BCUT2D eigenvalue weighted by molar-refractivity contribution is 6.03. The van der Waals surface area contributed by atoms with Crippen LogP contribution in [-0.4, -0.2) is 30.2 Å². The second kappa shape index (κ2) is 4.38. The molecule has 1 aromatic carbocycles. The Morgan fingerprint density at radius 2 is 2.21 bits per heavy atom. The van der Waals surface area contributed by atoms with E-state index in [1.165, 1.54) is 0 Å². The summed E-state index contributed by atoms with van der Waals surface area (Å²) in [6.45, 7) is 1.86. The van der Waals surface area contributed by atoms with E-state index in [0.717, 1.165) is 5.56 Å². The lowest BCUT2D eigenvalue weighted by Crippen LogP contribution is -2.46. The molecule has 1 N–H and O–H groups in total. The zero-order valence-corrected chi connectivity index (χ0v) is 10.9. The van der Waals surface area contributed by atoms with E-state index >= 15 is 0 Å². The van der Waals surface area contributed by atoms with E-state index in [-0.39, 0.29) is 11.7 Å². The van der Waals surface area contributed by atoms with Gasteiger partial charge in [-0.1, -0.05) is 13.0 Å². The van der Waals surface area contributed by atoms with Crippen LogP contribution in [0.5, 0.6) is 11.5 Å². The van der Waals surface area contributed by atoms with Gasteiger partial charge >= 0.3 is 0 Å². The number of aliphatic hydroxyl groups is 1. The molecule has 1 aromatic rings.